The Morgan fingerprint density at radius 1 is 1.24 bits per heavy atom. The summed E-state index contributed by atoms with van der Waals surface area (Å²) in [5.41, 5.74) is 8.50. The van der Waals surface area contributed by atoms with Gasteiger partial charge in [0.2, 0.25) is 5.91 Å². The average Bonchev–Trinajstić information content (AvgIpc) is 3.49. The van der Waals surface area contributed by atoms with Crippen molar-refractivity contribution in [1.29, 1.82) is 0 Å². The Morgan fingerprint density at radius 2 is 2.03 bits per heavy atom. The van der Waals surface area contributed by atoms with Crippen molar-refractivity contribution in [3.8, 4) is 5.69 Å². The first kappa shape index (κ1) is 22.9. The third-order valence-corrected chi connectivity index (χ3v) is 6.11. The highest BCUT2D eigenvalue weighted by Crippen LogP contribution is 2.24. The highest BCUT2D eigenvalue weighted by Gasteiger charge is 2.34. The lowest BCUT2D eigenvalue weighted by atomic mass is 10.0. The topological polar surface area (TPSA) is 110 Å². The van der Waals surface area contributed by atoms with Gasteiger partial charge in [-0.2, -0.15) is 0 Å². The number of imide groups is 1. The summed E-state index contributed by atoms with van der Waals surface area (Å²) in [5, 5.41) is 11.8. The van der Waals surface area contributed by atoms with Crippen LogP contribution in [0.1, 0.15) is 30.9 Å². The molecule has 0 bridgehead atoms. The molecule has 1 aliphatic rings. The summed E-state index contributed by atoms with van der Waals surface area (Å²) in [6.45, 7) is 2.59. The van der Waals surface area contributed by atoms with Crippen LogP contribution in [-0.2, 0) is 17.8 Å². The van der Waals surface area contributed by atoms with Crippen molar-refractivity contribution < 1.29 is 9.59 Å². The van der Waals surface area contributed by atoms with E-state index in [4.69, 9.17) is 17.3 Å². The van der Waals surface area contributed by atoms with Gasteiger partial charge in [0.15, 0.2) is 0 Å². The molecule has 0 radical (unpaired) electrons. The molecule has 3 amide bonds. The third kappa shape index (κ3) is 5.20. The first-order valence-electron chi connectivity index (χ1n) is 10.9. The fraction of sp³-hybridized carbons (Fsp3) is 0.348. The molecule has 0 aliphatic carbocycles. The van der Waals surface area contributed by atoms with E-state index >= 15 is 0 Å². The number of hydrogen-bond acceptors (Lipinski definition) is 6. The Hall–Kier alpha value is -3.30. The largest absolute Gasteiger partial charge is 0.327 e. The van der Waals surface area contributed by atoms with Gasteiger partial charge in [-0.15, -0.1) is 5.10 Å². The van der Waals surface area contributed by atoms with Crippen molar-refractivity contribution in [2.75, 3.05) is 6.54 Å². The van der Waals surface area contributed by atoms with Gasteiger partial charge in [0.1, 0.15) is 6.33 Å². The van der Waals surface area contributed by atoms with Crippen molar-refractivity contribution in [2.45, 2.75) is 44.8 Å². The number of amides is 3. The molecule has 33 heavy (non-hydrogen) atoms. The number of carbonyl (C=O) groups excluding carboxylic acids is 2. The van der Waals surface area contributed by atoms with Crippen molar-refractivity contribution in [3.63, 3.8) is 0 Å². The van der Waals surface area contributed by atoms with E-state index in [1.54, 1.807) is 23.1 Å². The summed E-state index contributed by atoms with van der Waals surface area (Å²) < 4.78 is 1.47. The molecule has 2 N–H and O–H groups in total. The molecule has 9 nitrogen and oxygen atoms in total. The number of rotatable bonds is 6. The zero-order valence-corrected chi connectivity index (χ0v) is 19.1. The number of hydrogen-bond donors (Lipinski definition) is 1. The number of tetrazole rings is 1. The quantitative estimate of drug-likeness (QED) is 0.596. The molecule has 10 heteroatoms. The lowest BCUT2D eigenvalue weighted by Crippen LogP contribution is -2.52. The van der Waals surface area contributed by atoms with Crippen LogP contribution in [0.4, 0.5) is 4.79 Å². The fourth-order valence-electron chi connectivity index (χ4n) is 4.11. The van der Waals surface area contributed by atoms with Crippen LogP contribution in [0.5, 0.6) is 0 Å². The van der Waals surface area contributed by atoms with Crippen LogP contribution in [0.25, 0.3) is 5.69 Å². The van der Waals surface area contributed by atoms with Gasteiger partial charge in [0.05, 0.1) is 18.3 Å². The van der Waals surface area contributed by atoms with Crippen molar-refractivity contribution in [2.24, 2.45) is 5.73 Å². The lowest BCUT2D eigenvalue weighted by Gasteiger charge is -2.31. The number of benzene rings is 2. The molecule has 2 aromatic carbocycles. The normalized spacial score (nSPS) is 16.6. The van der Waals surface area contributed by atoms with Crippen LogP contribution in [0.15, 0.2) is 54.9 Å². The number of halogens is 1. The number of nitrogens with zero attached hydrogens (tertiary/aromatic N) is 6. The number of aromatic nitrogens is 4. The summed E-state index contributed by atoms with van der Waals surface area (Å²) in [6, 6.07) is 13.5. The second kappa shape index (κ2) is 10.1. The second-order valence-electron chi connectivity index (χ2n) is 8.22. The monoisotopic (exact) mass is 467 g/mol. The van der Waals surface area contributed by atoms with Gasteiger partial charge in [0, 0.05) is 17.6 Å². The predicted molar refractivity (Wildman–Crippen MR) is 124 cm³/mol. The molecule has 0 unspecified atom stereocenters. The first-order valence-corrected chi connectivity index (χ1v) is 11.2. The van der Waals surface area contributed by atoms with Crippen LogP contribution >= 0.6 is 11.6 Å². The van der Waals surface area contributed by atoms with E-state index in [0.717, 1.165) is 18.4 Å². The fourth-order valence-corrected chi connectivity index (χ4v) is 4.31. The zero-order valence-electron chi connectivity index (χ0n) is 18.3. The summed E-state index contributed by atoms with van der Waals surface area (Å²) >= 11 is 6.26. The van der Waals surface area contributed by atoms with Crippen LogP contribution in [0.2, 0.25) is 5.02 Å². The van der Waals surface area contributed by atoms with Crippen molar-refractivity contribution in [1.82, 2.24) is 30.0 Å². The van der Waals surface area contributed by atoms with E-state index in [0.29, 0.717) is 29.2 Å². The molecular weight excluding hydrogens is 442 g/mol. The first-order chi connectivity index (χ1) is 15.9. The molecule has 4 rings (SSSR count). The SMILES string of the molecule is C[C@@H]1CCCN1C(=O)N(Cc1cc(Cl)ccc1-n1cnnn1)C(=O)[C@@H](N)Cc1ccccc1. The summed E-state index contributed by atoms with van der Waals surface area (Å²) in [5.74, 6) is -0.439. The number of likely N-dealkylation sites (tertiary alicyclic amines) is 1. The molecule has 1 fully saturated rings. The minimum Gasteiger partial charge on any atom is -0.322 e. The van der Waals surface area contributed by atoms with Gasteiger partial charge in [-0.25, -0.2) is 9.48 Å². The van der Waals surface area contributed by atoms with E-state index in [1.165, 1.54) is 15.9 Å². The Morgan fingerprint density at radius 3 is 2.70 bits per heavy atom. The molecule has 2 atom stereocenters. The molecule has 0 saturated carbocycles. The molecule has 1 aliphatic heterocycles. The smallest absolute Gasteiger partial charge is 0.322 e. The number of nitrogens with two attached hydrogens (primary N) is 1. The molecule has 2 heterocycles. The zero-order chi connectivity index (χ0) is 23.4. The molecular formula is C23H26ClN7O2. The summed E-state index contributed by atoms with van der Waals surface area (Å²) in [4.78, 5) is 30.0. The molecule has 0 spiro atoms. The van der Waals surface area contributed by atoms with Gasteiger partial charge >= 0.3 is 6.03 Å². The van der Waals surface area contributed by atoms with Gasteiger partial charge in [-0.05, 0) is 65.9 Å². The Labute approximate surface area is 197 Å². The average molecular weight is 468 g/mol. The summed E-state index contributed by atoms with van der Waals surface area (Å²) in [7, 11) is 0. The maximum absolute atomic E-state index is 13.5. The van der Waals surface area contributed by atoms with Crippen molar-refractivity contribution >= 4 is 23.5 Å². The third-order valence-electron chi connectivity index (χ3n) is 5.88. The molecule has 3 aromatic rings. The minimum atomic E-state index is -0.870. The van der Waals surface area contributed by atoms with Gasteiger partial charge < -0.3 is 10.6 Å². The summed E-state index contributed by atoms with van der Waals surface area (Å²) in [6.07, 6.45) is 3.58. The van der Waals surface area contributed by atoms with Gasteiger partial charge in [-0.1, -0.05) is 41.9 Å². The van der Waals surface area contributed by atoms with Crippen molar-refractivity contribution in [3.05, 3.63) is 71.0 Å². The van der Waals surface area contributed by atoms with Crippen LogP contribution in [0, 0.1) is 0 Å². The van der Waals surface area contributed by atoms with Crippen LogP contribution in [0.3, 0.4) is 0 Å². The Balaban J connectivity index is 1.66. The molecule has 1 aromatic heterocycles. The van der Waals surface area contributed by atoms with E-state index < -0.39 is 11.9 Å². The van der Waals surface area contributed by atoms with Crippen LogP contribution in [-0.4, -0.2) is 60.6 Å². The highest BCUT2D eigenvalue weighted by molar-refractivity contribution is 6.30. The number of carbonyl (C=O) groups is 2. The maximum atomic E-state index is 13.5. The Bertz CT molecular complexity index is 1110. The lowest BCUT2D eigenvalue weighted by molar-refractivity contribution is -0.130. The maximum Gasteiger partial charge on any atom is 0.327 e. The Kier molecular flexibility index (Phi) is 7.00. The predicted octanol–water partition coefficient (Wildman–Crippen LogP) is 2.82. The minimum absolute atomic E-state index is 0.000863. The van der Waals surface area contributed by atoms with E-state index in [2.05, 4.69) is 15.5 Å². The van der Waals surface area contributed by atoms with E-state index in [1.807, 2.05) is 37.3 Å². The standard InChI is InChI=1S/C23H26ClN7O2/c1-16-6-5-11-29(16)23(33)30(22(32)20(25)12-17-7-3-2-4-8-17)14-18-13-19(24)9-10-21(18)31-15-26-27-28-31/h2-4,7-10,13,15-16,20H,5-6,11-12,14,25H2,1H3/t16-,20+/m1/s1. The second-order valence-corrected chi connectivity index (χ2v) is 8.65. The highest BCUT2D eigenvalue weighted by atomic mass is 35.5. The van der Waals surface area contributed by atoms with Gasteiger partial charge in [-0.3, -0.25) is 9.69 Å². The van der Waals surface area contributed by atoms with E-state index in [9.17, 15) is 9.59 Å². The van der Waals surface area contributed by atoms with Gasteiger partial charge in [0.25, 0.3) is 0 Å². The number of urea groups is 1. The van der Waals surface area contributed by atoms with E-state index in [-0.39, 0.29) is 18.6 Å². The molecule has 172 valence electrons. The van der Waals surface area contributed by atoms with Crippen LogP contribution < -0.4 is 5.73 Å². The molecule has 1 saturated heterocycles.